The first-order valence-electron chi connectivity index (χ1n) is 7.40. The second-order valence-corrected chi connectivity index (χ2v) is 6.11. The number of carbonyl (C=O) groups excluding carboxylic acids is 3. The molecule has 0 spiro atoms. The maximum atomic E-state index is 13.1. The fraction of sp³-hybridized carbons (Fsp3) is 0.167. The van der Waals surface area contributed by atoms with E-state index in [2.05, 4.69) is 21.2 Å². The molecule has 1 N–H and O–H groups in total. The van der Waals surface area contributed by atoms with Crippen LogP contribution in [0.2, 0.25) is 0 Å². The van der Waals surface area contributed by atoms with E-state index >= 15 is 0 Å². The fourth-order valence-corrected chi connectivity index (χ4v) is 2.29. The Kier molecular flexibility index (Phi) is 6.41. The highest BCUT2D eigenvalue weighted by molar-refractivity contribution is 9.10. The fourth-order valence-electron chi connectivity index (χ4n) is 2.03. The molecule has 7 heteroatoms. The van der Waals surface area contributed by atoms with Gasteiger partial charge in [-0.25, -0.2) is 4.39 Å². The summed E-state index contributed by atoms with van der Waals surface area (Å²) in [6.45, 7) is 1.03. The molecule has 2 rings (SSSR count). The number of benzene rings is 2. The Balaban J connectivity index is 1.86. The van der Waals surface area contributed by atoms with Crippen molar-refractivity contribution in [2.45, 2.75) is 13.0 Å². The van der Waals surface area contributed by atoms with Crippen LogP contribution in [0, 0.1) is 5.82 Å². The summed E-state index contributed by atoms with van der Waals surface area (Å²) >= 11 is 3.27. The Bertz CT molecular complexity index is 792. The number of nitrogens with one attached hydrogen (secondary N) is 1. The lowest BCUT2D eigenvalue weighted by Gasteiger charge is -2.13. The average Bonchev–Trinajstić information content (AvgIpc) is 2.59. The highest BCUT2D eigenvalue weighted by atomic mass is 79.9. The van der Waals surface area contributed by atoms with Crippen LogP contribution in [0.25, 0.3) is 0 Å². The van der Waals surface area contributed by atoms with Crippen molar-refractivity contribution in [3.05, 3.63) is 69.9 Å². The van der Waals surface area contributed by atoms with Gasteiger partial charge in [0.15, 0.2) is 6.10 Å². The molecule has 0 fully saturated rings. The maximum absolute atomic E-state index is 13.1. The van der Waals surface area contributed by atoms with Crippen LogP contribution in [0.3, 0.4) is 0 Å². The van der Waals surface area contributed by atoms with Crippen LogP contribution in [-0.2, 0) is 9.53 Å². The van der Waals surface area contributed by atoms with Crippen LogP contribution in [0.5, 0.6) is 0 Å². The van der Waals surface area contributed by atoms with Gasteiger partial charge in [-0.15, -0.1) is 0 Å². The van der Waals surface area contributed by atoms with E-state index in [4.69, 9.17) is 4.74 Å². The molecule has 1 atom stereocenters. The predicted molar refractivity (Wildman–Crippen MR) is 92.8 cm³/mol. The van der Waals surface area contributed by atoms with Crippen LogP contribution in [-0.4, -0.2) is 30.3 Å². The Hall–Kier alpha value is -2.54. The SMILES string of the molecule is C[C@H](OC(=O)CNC(=O)c1cccc(F)c1)C(=O)c1ccc(Br)cc1. The molecular formula is C18H15BrFNO4. The second-order valence-electron chi connectivity index (χ2n) is 5.20. The molecule has 0 aliphatic heterocycles. The lowest BCUT2D eigenvalue weighted by Crippen LogP contribution is -2.34. The molecule has 0 saturated carbocycles. The number of Topliss-reactive ketones (excluding diaryl/α,β-unsaturated/α-hetero) is 1. The van der Waals surface area contributed by atoms with Gasteiger partial charge in [-0.1, -0.05) is 34.1 Å². The number of esters is 1. The van der Waals surface area contributed by atoms with Gasteiger partial charge in [-0.3, -0.25) is 14.4 Å². The van der Waals surface area contributed by atoms with Crippen molar-refractivity contribution in [2.24, 2.45) is 0 Å². The van der Waals surface area contributed by atoms with Crippen molar-refractivity contribution in [1.29, 1.82) is 0 Å². The van der Waals surface area contributed by atoms with Crippen LogP contribution < -0.4 is 5.32 Å². The van der Waals surface area contributed by atoms with Crippen molar-refractivity contribution in [3.63, 3.8) is 0 Å². The molecule has 0 radical (unpaired) electrons. The van der Waals surface area contributed by atoms with Gasteiger partial charge in [0.1, 0.15) is 12.4 Å². The van der Waals surface area contributed by atoms with E-state index in [0.717, 1.165) is 10.5 Å². The first-order valence-corrected chi connectivity index (χ1v) is 8.19. The smallest absolute Gasteiger partial charge is 0.326 e. The van der Waals surface area contributed by atoms with Gasteiger partial charge < -0.3 is 10.1 Å². The maximum Gasteiger partial charge on any atom is 0.326 e. The summed E-state index contributed by atoms with van der Waals surface area (Å²) in [4.78, 5) is 35.8. The van der Waals surface area contributed by atoms with Crippen molar-refractivity contribution in [2.75, 3.05) is 6.54 Å². The molecule has 0 saturated heterocycles. The second kappa shape index (κ2) is 8.53. The van der Waals surface area contributed by atoms with E-state index in [0.29, 0.717) is 5.56 Å². The summed E-state index contributed by atoms with van der Waals surface area (Å²) in [6.07, 6.45) is -0.986. The third-order valence-corrected chi connectivity index (χ3v) is 3.81. The number of hydrogen-bond donors (Lipinski definition) is 1. The molecule has 0 aliphatic carbocycles. The monoisotopic (exact) mass is 407 g/mol. The van der Waals surface area contributed by atoms with Gasteiger partial charge >= 0.3 is 5.97 Å². The van der Waals surface area contributed by atoms with Crippen LogP contribution in [0.1, 0.15) is 27.6 Å². The number of hydrogen-bond acceptors (Lipinski definition) is 4. The summed E-state index contributed by atoms with van der Waals surface area (Å²) in [6, 6.07) is 11.7. The number of amides is 1. The van der Waals surface area contributed by atoms with Crippen molar-refractivity contribution in [1.82, 2.24) is 5.32 Å². The molecule has 0 bridgehead atoms. The lowest BCUT2D eigenvalue weighted by atomic mass is 10.1. The zero-order valence-electron chi connectivity index (χ0n) is 13.3. The summed E-state index contributed by atoms with van der Waals surface area (Å²) in [5, 5.41) is 2.32. The van der Waals surface area contributed by atoms with Crippen LogP contribution >= 0.6 is 15.9 Å². The molecular weight excluding hydrogens is 393 g/mol. The average molecular weight is 408 g/mol. The Morgan fingerprint density at radius 3 is 2.44 bits per heavy atom. The first kappa shape index (κ1) is 18.8. The highest BCUT2D eigenvalue weighted by Crippen LogP contribution is 2.13. The third-order valence-electron chi connectivity index (χ3n) is 3.29. The van der Waals surface area contributed by atoms with E-state index < -0.39 is 30.3 Å². The van der Waals surface area contributed by atoms with Gasteiger partial charge in [-0.2, -0.15) is 0 Å². The molecule has 0 unspecified atom stereocenters. The van der Waals surface area contributed by atoms with E-state index in [-0.39, 0.29) is 11.3 Å². The largest absolute Gasteiger partial charge is 0.453 e. The third kappa shape index (κ3) is 5.49. The summed E-state index contributed by atoms with van der Waals surface area (Å²) < 4.78 is 18.9. The Morgan fingerprint density at radius 2 is 1.80 bits per heavy atom. The molecule has 0 aromatic heterocycles. The van der Waals surface area contributed by atoms with Gasteiger partial charge in [0.05, 0.1) is 0 Å². The van der Waals surface area contributed by atoms with Crippen molar-refractivity contribution < 1.29 is 23.5 Å². The minimum Gasteiger partial charge on any atom is -0.453 e. The predicted octanol–water partition coefficient (Wildman–Crippen LogP) is 3.13. The molecule has 2 aromatic rings. The first-order chi connectivity index (χ1) is 11.9. The quantitative estimate of drug-likeness (QED) is 0.589. The van der Waals surface area contributed by atoms with E-state index in [1.54, 1.807) is 24.3 Å². The summed E-state index contributed by atoms with van der Waals surface area (Å²) in [7, 11) is 0. The molecule has 1 amide bonds. The molecule has 0 aliphatic rings. The van der Waals surface area contributed by atoms with Gasteiger partial charge in [0, 0.05) is 15.6 Å². The Morgan fingerprint density at radius 1 is 1.12 bits per heavy atom. The van der Waals surface area contributed by atoms with E-state index in [1.807, 2.05) is 0 Å². The lowest BCUT2D eigenvalue weighted by molar-refractivity contribution is -0.145. The van der Waals surface area contributed by atoms with Crippen LogP contribution in [0.4, 0.5) is 4.39 Å². The van der Waals surface area contributed by atoms with E-state index in [1.165, 1.54) is 25.1 Å². The standard InChI is InChI=1S/C18H15BrFNO4/c1-11(17(23)12-5-7-14(19)8-6-12)25-16(22)10-21-18(24)13-3-2-4-15(20)9-13/h2-9,11H,10H2,1H3,(H,21,24)/t11-/m0/s1. The van der Waals surface area contributed by atoms with Crippen molar-refractivity contribution in [3.8, 4) is 0 Å². The van der Waals surface area contributed by atoms with Crippen LogP contribution in [0.15, 0.2) is 53.0 Å². The molecule has 130 valence electrons. The van der Waals surface area contributed by atoms with Gasteiger partial charge in [0.2, 0.25) is 5.78 Å². The number of ketones is 1. The number of halogens is 2. The van der Waals surface area contributed by atoms with Gasteiger partial charge in [0.25, 0.3) is 5.91 Å². The molecule has 0 heterocycles. The highest BCUT2D eigenvalue weighted by Gasteiger charge is 2.20. The van der Waals surface area contributed by atoms with E-state index in [9.17, 15) is 18.8 Å². The number of rotatable bonds is 6. The minimum absolute atomic E-state index is 0.0896. The Labute approximate surface area is 152 Å². The minimum atomic E-state index is -0.986. The molecule has 5 nitrogen and oxygen atoms in total. The summed E-state index contributed by atoms with van der Waals surface area (Å²) in [5.41, 5.74) is 0.499. The normalized spacial score (nSPS) is 11.5. The topological polar surface area (TPSA) is 72.5 Å². The molecule has 2 aromatic carbocycles. The molecule has 25 heavy (non-hydrogen) atoms. The zero-order chi connectivity index (χ0) is 18.4. The zero-order valence-corrected chi connectivity index (χ0v) is 14.9. The number of ether oxygens (including phenoxy) is 1. The van der Waals surface area contributed by atoms with Gasteiger partial charge in [-0.05, 0) is 37.3 Å². The van der Waals surface area contributed by atoms with Crippen molar-refractivity contribution >= 4 is 33.6 Å². The summed E-state index contributed by atoms with van der Waals surface area (Å²) in [5.74, 6) is -2.27. The number of carbonyl (C=O) groups is 3.